The largest absolute Gasteiger partial charge is 0.495 e. The third-order valence-corrected chi connectivity index (χ3v) is 6.88. The molecule has 9 nitrogen and oxygen atoms in total. The average Bonchev–Trinajstić information content (AvgIpc) is 3.68. The van der Waals surface area contributed by atoms with Crippen LogP contribution in [0.15, 0.2) is 77.7 Å². The number of hydrogen-bond donors (Lipinski definition) is 1. The van der Waals surface area contributed by atoms with Crippen LogP contribution in [0.4, 0.5) is 11.4 Å². The van der Waals surface area contributed by atoms with Gasteiger partial charge in [-0.1, -0.05) is 30.3 Å². The smallest absolute Gasteiger partial charge is 0.271 e. The second kappa shape index (κ2) is 9.52. The highest BCUT2D eigenvalue weighted by atomic mass is 32.2. The maximum absolute atomic E-state index is 13.1. The molecular formula is C24H23N3O6S. The van der Waals surface area contributed by atoms with Gasteiger partial charge in [0.15, 0.2) is 0 Å². The molecule has 1 N–H and O–H groups in total. The standard InChI is InChI=1S/C24H23N3O6S/c1-33-23-14-11-20(27(29)30)15-22(23)25-34(31,32)21-12-7-18(8-13-21)24(28)26(19-9-10-19)16-17-5-3-2-4-6-17/h2-8,11-15,19,25H,9-10,16H2,1H3. The fourth-order valence-electron chi connectivity index (χ4n) is 3.57. The number of ether oxygens (including phenoxy) is 1. The molecule has 1 aliphatic carbocycles. The number of non-ortho nitro benzene ring substituents is 1. The van der Waals surface area contributed by atoms with Crippen molar-refractivity contribution in [2.45, 2.75) is 30.3 Å². The van der Waals surface area contributed by atoms with Crippen LogP contribution < -0.4 is 9.46 Å². The third kappa shape index (κ3) is 5.18. The van der Waals surface area contributed by atoms with Crippen molar-refractivity contribution in [3.63, 3.8) is 0 Å². The number of nitrogens with zero attached hydrogens (tertiary/aromatic N) is 2. The van der Waals surface area contributed by atoms with Gasteiger partial charge in [0.25, 0.3) is 21.6 Å². The zero-order valence-corrected chi connectivity index (χ0v) is 19.2. The number of carbonyl (C=O) groups is 1. The quantitative estimate of drug-likeness (QED) is 0.361. The molecule has 0 bridgehead atoms. The first-order chi connectivity index (χ1) is 16.3. The lowest BCUT2D eigenvalue weighted by Crippen LogP contribution is -2.32. The topological polar surface area (TPSA) is 119 Å². The Balaban J connectivity index is 1.54. The number of nitro groups is 1. The van der Waals surface area contributed by atoms with Crippen molar-refractivity contribution in [1.29, 1.82) is 0 Å². The van der Waals surface area contributed by atoms with Gasteiger partial charge in [-0.05, 0) is 48.7 Å². The summed E-state index contributed by atoms with van der Waals surface area (Å²) >= 11 is 0. The van der Waals surface area contributed by atoms with Gasteiger partial charge in [0.05, 0.1) is 22.6 Å². The van der Waals surface area contributed by atoms with Crippen molar-refractivity contribution >= 4 is 27.3 Å². The minimum Gasteiger partial charge on any atom is -0.495 e. The van der Waals surface area contributed by atoms with Gasteiger partial charge in [-0.3, -0.25) is 19.6 Å². The molecule has 1 aliphatic rings. The summed E-state index contributed by atoms with van der Waals surface area (Å²) in [4.78, 5) is 25.3. The van der Waals surface area contributed by atoms with Crippen LogP contribution in [-0.4, -0.2) is 37.3 Å². The van der Waals surface area contributed by atoms with Crippen molar-refractivity contribution in [2.75, 3.05) is 11.8 Å². The highest BCUT2D eigenvalue weighted by Gasteiger charge is 2.33. The minimum atomic E-state index is -4.08. The molecule has 1 fully saturated rings. The van der Waals surface area contributed by atoms with Crippen LogP contribution >= 0.6 is 0 Å². The lowest BCUT2D eigenvalue weighted by molar-refractivity contribution is -0.384. The van der Waals surface area contributed by atoms with Gasteiger partial charge in [-0.2, -0.15) is 0 Å². The molecule has 176 valence electrons. The molecular weight excluding hydrogens is 458 g/mol. The summed E-state index contributed by atoms with van der Waals surface area (Å²) in [6, 6.07) is 19.1. The molecule has 0 unspecified atom stereocenters. The van der Waals surface area contributed by atoms with E-state index in [1.165, 1.54) is 43.5 Å². The van der Waals surface area contributed by atoms with Crippen LogP contribution in [0.2, 0.25) is 0 Å². The monoisotopic (exact) mass is 481 g/mol. The Morgan fingerprint density at radius 1 is 1.09 bits per heavy atom. The van der Waals surface area contributed by atoms with E-state index in [4.69, 9.17) is 4.74 Å². The highest BCUT2D eigenvalue weighted by molar-refractivity contribution is 7.92. The Morgan fingerprint density at radius 2 is 1.76 bits per heavy atom. The second-order valence-electron chi connectivity index (χ2n) is 7.92. The molecule has 0 radical (unpaired) electrons. The summed E-state index contributed by atoms with van der Waals surface area (Å²) in [6.07, 6.45) is 1.89. The number of anilines is 1. The van der Waals surface area contributed by atoms with Crippen molar-refractivity contribution in [2.24, 2.45) is 0 Å². The summed E-state index contributed by atoms with van der Waals surface area (Å²) in [7, 11) is -2.75. The van der Waals surface area contributed by atoms with Crippen molar-refractivity contribution in [3.05, 3.63) is 94.0 Å². The Hall–Kier alpha value is -3.92. The van der Waals surface area contributed by atoms with Crippen LogP contribution in [-0.2, 0) is 16.6 Å². The number of sulfonamides is 1. The number of nitrogens with one attached hydrogen (secondary N) is 1. The van der Waals surface area contributed by atoms with Crippen LogP contribution in [0, 0.1) is 10.1 Å². The lowest BCUT2D eigenvalue weighted by Gasteiger charge is -2.23. The first kappa shape index (κ1) is 23.2. The zero-order chi connectivity index (χ0) is 24.3. The van der Waals surface area contributed by atoms with Crippen LogP contribution in [0.5, 0.6) is 5.75 Å². The maximum Gasteiger partial charge on any atom is 0.271 e. The lowest BCUT2D eigenvalue weighted by atomic mass is 10.1. The molecule has 0 atom stereocenters. The molecule has 0 heterocycles. The summed E-state index contributed by atoms with van der Waals surface area (Å²) in [6.45, 7) is 0.485. The molecule has 0 spiro atoms. The van der Waals surface area contributed by atoms with Gasteiger partial charge < -0.3 is 9.64 Å². The zero-order valence-electron chi connectivity index (χ0n) is 18.4. The fraction of sp³-hybridized carbons (Fsp3) is 0.208. The summed E-state index contributed by atoms with van der Waals surface area (Å²) in [5.41, 5.74) is 1.07. The molecule has 34 heavy (non-hydrogen) atoms. The average molecular weight is 482 g/mol. The Bertz CT molecular complexity index is 1310. The van der Waals surface area contributed by atoms with E-state index in [-0.39, 0.29) is 34.0 Å². The summed E-state index contributed by atoms with van der Waals surface area (Å²) < 4.78 is 33.2. The van der Waals surface area contributed by atoms with E-state index in [9.17, 15) is 23.3 Å². The third-order valence-electron chi connectivity index (χ3n) is 5.49. The molecule has 1 amide bonds. The molecule has 4 rings (SSSR count). The summed E-state index contributed by atoms with van der Waals surface area (Å²) in [5, 5.41) is 11.1. The normalized spacial score (nSPS) is 13.2. The van der Waals surface area contributed by atoms with E-state index >= 15 is 0 Å². The van der Waals surface area contributed by atoms with E-state index in [0.29, 0.717) is 12.1 Å². The molecule has 1 saturated carbocycles. The van der Waals surface area contributed by atoms with Gasteiger partial charge >= 0.3 is 0 Å². The first-order valence-corrected chi connectivity index (χ1v) is 12.1. The van der Waals surface area contributed by atoms with Crippen LogP contribution in [0.1, 0.15) is 28.8 Å². The van der Waals surface area contributed by atoms with Gasteiger partial charge in [-0.25, -0.2) is 8.42 Å². The second-order valence-corrected chi connectivity index (χ2v) is 9.60. The number of rotatable bonds is 9. The molecule has 3 aromatic rings. The number of hydrogen-bond acceptors (Lipinski definition) is 6. The van der Waals surface area contributed by atoms with Gasteiger partial charge in [0.2, 0.25) is 0 Å². The Kier molecular flexibility index (Phi) is 6.51. The van der Waals surface area contributed by atoms with Crippen molar-refractivity contribution < 1.29 is 22.9 Å². The number of methoxy groups -OCH3 is 1. The first-order valence-electron chi connectivity index (χ1n) is 10.6. The van der Waals surface area contributed by atoms with E-state index in [1.54, 1.807) is 0 Å². The van der Waals surface area contributed by atoms with E-state index < -0.39 is 14.9 Å². The molecule has 10 heteroatoms. The van der Waals surface area contributed by atoms with E-state index in [1.807, 2.05) is 35.2 Å². The predicted molar refractivity (Wildman–Crippen MR) is 126 cm³/mol. The van der Waals surface area contributed by atoms with E-state index in [2.05, 4.69) is 4.72 Å². The van der Waals surface area contributed by atoms with E-state index in [0.717, 1.165) is 24.5 Å². The van der Waals surface area contributed by atoms with Crippen LogP contribution in [0.25, 0.3) is 0 Å². The Morgan fingerprint density at radius 3 is 2.35 bits per heavy atom. The van der Waals surface area contributed by atoms with Crippen molar-refractivity contribution in [3.8, 4) is 5.75 Å². The fourth-order valence-corrected chi connectivity index (χ4v) is 4.63. The number of carbonyl (C=O) groups excluding carboxylic acids is 1. The molecule has 0 aromatic heterocycles. The molecule has 0 aliphatic heterocycles. The number of amides is 1. The number of nitro benzene ring substituents is 1. The minimum absolute atomic E-state index is 0.0559. The van der Waals surface area contributed by atoms with Gasteiger partial charge in [-0.15, -0.1) is 0 Å². The summed E-state index contributed by atoms with van der Waals surface area (Å²) in [5.74, 6) is -0.0226. The van der Waals surface area contributed by atoms with Gasteiger partial charge in [0, 0.05) is 30.3 Å². The van der Waals surface area contributed by atoms with Gasteiger partial charge in [0.1, 0.15) is 5.75 Å². The number of benzene rings is 3. The molecule has 3 aromatic carbocycles. The van der Waals surface area contributed by atoms with Crippen molar-refractivity contribution in [1.82, 2.24) is 4.90 Å². The Labute approximate surface area is 197 Å². The maximum atomic E-state index is 13.1. The SMILES string of the molecule is COc1ccc([N+](=O)[O-])cc1NS(=O)(=O)c1ccc(C(=O)N(Cc2ccccc2)C2CC2)cc1. The predicted octanol–water partition coefficient (Wildman–Crippen LogP) is 4.21. The van der Waals surface area contributed by atoms with Crippen LogP contribution in [0.3, 0.4) is 0 Å². The highest BCUT2D eigenvalue weighted by Crippen LogP contribution is 2.32. The molecule has 0 saturated heterocycles.